The highest BCUT2D eigenvalue weighted by Crippen LogP contribution is 2.27. The monoisotopic (exact) mass is 406 g/mol. The molecule has 7 nitrogen and oxygen atoms in total. The molecular formula is C21H22N6OS. The van der Waals surface area contributed by atoms with Gasteiger partial charge in [0.1, 0.15) is 0 Å². The lowest BCUT2D eigenvalue weighted by atomic mass is 10.1. The lowest BCUT2D eigenvalue weighted by Gasteiger charge is -2.24. The third-order valence-electron chi connectivity index (χ3n) is 4.43. The summed E-state index contributed by atoms with van der Waals surface area (Å²) < 4.78 is 1.66. The van der Waals surface area contributed by atoms with E-state index < -0.39 is 5.25 Å². The summed E-state index contributed by atoms with van der Waals surface area (Å²) in [6.45, 7) is 6.21. The summed E-state index contributed by atoms with van der Waals surface area (Å²) in [6.07, 6.45) is 0.262. The predicted octanol–water partition coefficient (Wildman–Crippen LogP) is 3.71. The number of rotatable bonds is 7. The van der Waals surface area contributed by atoms with Crippen LogP contribution in [0.1, 0.15) is 24.5 Å². The fourth-order valence-electron chi connectivity index (χ4n) is 3.01. The fourth-order valence-corrected chi connectivity index (χ4v) is 3.87. The van der Waals surface area contributed by atoms with Gasteiger partial charge in [-0.05, 0) is 55.0 Å². The van der Waals surface area contributed by atoms with Crippen molar-refractivity contribution in [1.82, 2.24) is 20.2 Å². The van der Waals surface area contributed by atoms with Crippen LogP contribution in [0.5, 0.6) is 0 Å². The number of aromatic nitrogens is 4. The molecule has 0 aliphatic heterocycles. The molecule has 0 spiro atoms. The maximum atomic E-state index is 13.2. The van der Waals surface area contributed by atoms with Crippen molar-refractivity contribution in [2.45, 2.75) is 37.6 Å². The number of tetrazole rings is 1. The molecule has 29 heavy (non-hydrogen) atoms. The number of carbonyl (C=O) groups is 1. The van der Waals surface area contributed by atoms with Crippen LogP contribution in [0.25, 0.3) is 5.69 Å². The Kier molecular flexibility index (Phi) is 6.62. The van der Waals surface area contributed by atoms with Crippen LogP contribution in [0.2, 0.25) is 0 Å². The van der Waals surface area contributed by atoms with Gasteiger partial charge in [-0.15, -0.1) is 5.10 Å². The van der Waals surface area contributed by atoms with E-state index >= 15 is 0 Å². The smallest absolute Gasteiger partial charge is 0.240 e. The molecule has 0 saturated carbocycles. The highest BCUT2D eigenvalue weighted by atomic mass is 32.2. The average Bonchev–Trinajstić information content (AvgIpc) is 3.16. The maximum Gasteiger partial charge on any atom is 0.240 e. The van der Waals surface area contributed by atoms with Gasteiger partial charge in [0.15, 0.2) is 0 Å². The highest BCUT2D eigenvalue weighted by molar-refractivity contribution is 8.00. The van der Waals surface area contributed by atoms with Crippen LogP contribution < -0.4 is 4.90 Å². The first kappa shape index (κ1) is 20.6. The van der Waals surface area contributed by atoms with E-state index in [4.69, 9.17) is 5.26 Å². The number of para-hydroxylation sites is 1. The molecule has 0 N–H and O–H groups in total. The van der Waals surface area contributed by atoms with Crippen molar-refractivity contribution < 1.29 is 4.79 Å². The minimum atomic E-state index is -0.426. The van der Waals surface area contributed by atoms with Crippen molar-refractivity contribution in [2.75, 3.05) is 11.4 Å². The molecule has 0 unspecified atom stereocenters. The Hall–Kier alpha value is -3.18. The van der Waals surface area contributed by atoms with E-state index in [1.165, 1.54) is 11.8 Å². The molecule has 148 valence electrons. The van der Waals surface area contributed by atoms with E-state index in [-0.39, 0.29) is 12.3 Å². The number of nitriles is 1. The summed E-state index contributed by atoms with van der Waals surface area (Å²) in [5, 5.41) is 21.1. The zero-order valence-corrected chi connectivity index (χ0v) is 17.4. The van der Waals surface area contributed by atoms with Gasteiger partial charge in [-0.3, -0.25) is 4.79 Å². The number of carbonyl (C=O) groups excluding carboxylic acids is 1. The molecule has 0 radical (unpaired) electrons. The lowest BCUT2D eigenvalue weighted by Crippen LogP contribution is -2.37. The zero-order valence-electron chi connectivity index (χ0n) is 16.6. The third-order valence-corrected chi connectivity index (χ3v) is 5.45. The molecule has 0 saturated heterocycles. The zero-order chi connectivity index (χ0) is 20.8. The number of amides is 1. The van der Waals surface area contributed by atoms with Crippen molar-refractivity contribution in [1.29, 1.82) is 5.26 Å². The van der Waals surface area contributed by atoms with Crippen LogP contribution in [-0.4, -0.2) is 37.9 Å². The quantitative estimate of drug-likeness (QED) is 0.556. The first-order valence-corrected chi connectivity index (χ1v) is 10.1. The van der Waals surface area contributed by atoms with Crippen LogP contribution in [-0.2, 0) is 4.79 Å². The van der Waals surface area contributed by atoms with Gasteiger partial charge >= 0.3 is 0 Å². The minimum absolute atomic E-state index is 0.0911. The maximum absolute atomic E-state index is 13.2. The van der Waals surface area contributed by atoms with Crippen LogP contribution >= 0.6 is 11.8 Å². The Morgan fingerprint density at radius 2 is 2.00 bits per heavy atom. The summed E-state index contributed by atoms with van der Waals surface area (Å²) >= 11 is 1.30. The number of hydrogen-bond donors (Lipinski definition) is 0. The number of benzene rings is 2. The summed E-state index contributed by atoms with van der Waals surface area (Å²) in [6, 6.07) is 17.5. The molecule has 0 fully saturated rings. The Bertz CT molecular complexity index is 1030. The van der Waals surface area contributed by atoms with Gasteiger partial charge in [0.2, 0.25) is 11.1 Å². The number of aryl methyl sites for hydroxylation is 2. The highest BCUT2D eigenvalue weighted by Gasteiger charge is 2.25. The average molecular weight is 407 g/mol. The molecule has 1 heterocycles. The second-order valence-corrected chi connectivity index (χ2v) is 7.96. The number of hydrogen-bond acceptors (Lipinski definition) is 6. The van der Waals surface area contributed by atoms with Crippen LogP contribution in [0.15, 0.2) is 53.7 Å². The molecular weight excluding hydrogens is 384 g/mol. The van der Waals surface area contributed by atoms with E-state index in [1.807, 2.05) is 63.2 Å². The number of anilines is 1. The molecule has 1 amide bonds. The molecule has 0 aliphatic rings. The molecule has 2 aromatic carbocycles. The first-order valence-electron chi connectivity index (χ1n) is 9.27. The van der Waals surface area contributed by atoms with Crippen molar-refractivity contribution in [3.8, 4) is 11.8 Å². The number of thioether (sulfide) groups is 1. The van der Waals surface area contributed by atoms with Crippen molar-refractivity contribution >= 4 is 23.4 Å². The van der Waals surface area contributed by atoms with Crippen LogP contribution in [0.3, 0.4) is 0 Å². The minimum Gasteiger partial charge on any atom is -0.310 e. The third kappa shape index (κ3) is 4.81. The van der Waals surface area contributed by atoms with Gasteiger partial charge in [-0.2, -0.15) is 9.94 Å². The Morgan fingerprint density at radius 1 is 1.24 bits per heavy atom. The van der Waals surface area contributed by atoms with Gasteiger partial charge < -0.3 is 4.90 Å². The standard InChI is InChI=1S/C21H22N6OS/c1-15-10-11-19(16(2)14-15)27-21(23-24-25-27)29-17(3)20(28)26(13-7-12-22)18-8-5-4-6-9-18/h4-6,8-11,14,17H,7,13H2,1-3H3/t17-/m0/s1. The van der Waals surface area contributed by atoms with Crippen molar-refractivity contribution in [3.63, 3.8) is 0 Å². The molecule has 1 aromatic heterocycles. The van der Waals surface area contributed by atoms with Crippen LogP contribution in [0, 0.1) is 25.2 Å². The first-order chi connectivity index (χ1) is 14.0. The topological polar surface area (TPSA) is 87.7 Å². The van der Waals surface area contributed by atoms with Gasteiger partial charge in [-0.1, -0.05) is 47.7 Å². The summed E-state index contributed by atoms with van der Waals surface area (Å²) in [7, 11) is 0. The lowest BCUT2D eigenvalue weighted by molar-refractivity contribution is -0.117. The molecule has 0 bridgehead atoms. The predicted molar refractivity (Wildman–Crippen MR) is 113 cm³/mol. The van der Waals surface area contributed by atoms with E-state index in [0.717, 1.165) is 22.5 Å². The van der Waals surface area contributed by atoms with Gasteiger partial charge in [0, 0.05) is 12.2 Å². The number of nitrogens with zero attached hydrogens (tertiary/aromatic N) is 6. The van der Waals surface area contributed by atoms with E-state index in [9.17, 15) is 4.79 Å². The van der Waals surface area contributed by atoms with E-state index in [0.29, 0.717) is 11.7 Å². The van der Waals surface area contributed by atoms with Gasteiger partial charge in [0.05, 0.1) is 23.4 Å². The fraction of sp³-hybridized carbons (Fsp3) is 0.286. The van der Waals surface area contributed by atoms with E-state index in [2.05, 4.69) is 27.7 Å². The SMILES string of the molecule is Cc1ccc(-n2nnnc2S[C@@H](C)C(=O)N(CCC#N)c2ccccc2)c(C)c1. The molecule has 3 aromatic rings. The Morgan fingerprint density at radius 3 is 2.69 bits per heavy atom. The molecule has 3 rings (SSSR count). The summed E-state index contributed by atoms with van der Waals surface area (Å²) in [4.78, 5) is 14.8. The molecule has 0 aliphatic carbocycles. The largest absolute Gasteiger partial charge is 0.310 e. The summed E-state index contributed by atoms with van der Waals surface area (Å²) in [5.74, 6) is -0.0911. The molecule has 1 atom stereocenters. The van der Waals surface area contributed by atoms with E-state index in [1.54, 1.807) is 9.58 Å². The second-order valence-electron chi connectivity index (χ2n) is 6.66. The normalized spacial score (nSPS) is 11.7. The van der Waals surface area contributed by atoms with Gasteiger partial charge in [-0.25, -0.2) is 0 Å². The van der Waals surface area contributed by atoms with Crippen molar-refractivity contribution in [3.05, 3.63) is 59.7 Å². The second kappa shape index (κ2) is 9.34. The van der Waals surface area contributed by atoms with Crippen LogP contribution in [0.4, 0.5) is 5.69 Å². The van der Waals surface area contributed by atoms with Gasteiger partial charge in [0.25, 0.3) is 0 Å². The summed E-state index contributed by atoms with van der Waals surface area (Å²) in [5.41, 5.74) is 3.87. The molecule has 8 heteroatoms. The Balaban J connectivity index is 1.82. The Labute approximate surface area is 174 Å². The van der Waals surface area contributed by atoms with Crippen molar-refractivity contribution in [2.24, 2.45) is 0 Å².